The van der Waals surface area contributed by atoms with Crippen LogP contribution in [0.2, 0.25) is 0 Å². The maximum Gasteiger partial charge on any atom is 0.142 e. The summed E-state index contributed by atoms with van der Waals surface area (Å²) in [7, 11) is 0. The minimum absolute atomic E-state index is 0.0422. The zero-order valence-corrected chi connectivity index (χ0v) is 15.7. The van der Waals surface area contributed by atoms with Gasteiger partial charge in [-0.2, -0.15) is 10.4 Å². The lowest BCUT2D eigenvalue weighted by Crippen LogP contribution is -2.32. The minimum Gasteiger partial charge on any atom is -0.394 e. The van der Waals surface area contributed by atoms with Crippen LogP contribution in [-0.2, 0) is 19.5 Å². The van der Waals surface area contributed by atoms with Crippen molar-refractivity contribution in [2.24, 2.45) is 0 Å². The highest BCUT2D eigenvalue weighted by molar-refractivity contribution is 5.87. The smallest absolute Gasteiger partial charge is 0.142 e. The first-order valence-corrected chi connectivity index (χ1v) is 9.51. The molecule has 1 aliphatic heterocycles. The van der Waals surface area contributed by atoms with Gasteiger partial charge in [-0.05, 0) is 18.2 Å². The van der Waals surface area contributed by atoms with E-state index in [2.05, 4.69) is 25.9 Å². The average molecular weight is 385 g/mol. The number of aliphatic hydroxyl groups is 1. The summed E-state index contributed by atoms with van der Waals surface area (Å²) in [6.45, 7) is 2.00. The molecule has 0 spiro atoms. The van der Waals surface area contributed by atoms with Crippen LogP contribution in [0, 0.1) is 11.3 Å². The van der Waals surface area contributed by atoms with Crippen LogP contribution in [0.4, 0.5) is 5.82 Å². The molecule has 5 rings (SSSR count). The molecular formula is C21H19N7O. The summed E-state index contributed by atoms with van der Waals surface area (Å²) in [5, 5.41) is 24.3. The summed E-state index contributed by atoms with van der Waals surface area (Å²) in [6, 6.07) is 11.6. The van der Waals surface area contributed by atoms with E-state index in [1.54, 1.807) is 18.5 Å². The Bertz CT molecular complexity index is 1220. The number of fused-ring (bicyclic) bond motifs is 2. The first-order valence-electron chi connectivity index (χ1n) is 9.51. The molecule has 8 heteroatoms. The van der Waals surface area contributed by atoms with Gasteiger partial charge in [0.2, 0.25) is 0 Å². The van der Waals surface area contributed by atoms with E-state index >= 15 is 0 Å². The predicted octanol–water partition coefficient (Wildman–Crippen LogP) is 2.25. The lowest BCUT2D eigenvalue weighted by molar-refractivity contribution is 0.267. The van der Waals surface area contributed by atoms with Crippen LogP contribution in [0.15, 0.2) is 42.9 Å². The van der Waals surface area contributed by atoms with Crippen molar-refractivity contribution in [2.75, 3.05) is 18.1 Å². The fraction of sp³-hybridized carbons (Fsp3) is 0.238. The molecule has 0 unspecified atom stereocenters. The van der Waals surface area contributed by atoms with Crippen LogP contribution in [0.5, 0.6) is 0 Å². The van der Waals surface area contributed by atoms with Gasteiger partial charge in [-0.1, -0.05) is 12.1 Å². The summed E-state index contributed by atoms with van der Waals surface area (Å²) in [6.07, 6.45) is 4.27. The Morgan fingerprint density at radius 1 is 1.17 bits per heavy atom. The zero-order chi connectivity index (χ0) is 19.8. The van der Waals surface area contributed by atoms with Gasteiger partial charge in [-0.3, -0.25) is 4.68 Å². The first kappa shape index (κ1) is 17.4. The van der Waals surface area contributed by atoms with Gasteiger partial charge in [0.15, 0.2) is 0 Å². The highest BCUT2D eigenvalue weighted by Gasteiger charge is 2.27. The monoisotopic (exact) mass is 385 g/mol. The second kappa shape index (κ2) is 7.04. The van der Waals surface area contributed by atoms with E-state index in [9.17, 15) is 5.11 Å². The Hall–Kier alpha value is -3.70. The van der Waals surface area contributed by atoms with E-state index in [0.717, 1.165) is 52.3 Å². The third-order valence-electron chi connectivity index (χ3n) is 5.37. The topological polar surface area (TPSA) is 107 Å². The quantitative estimate of drug-likeness (QED) is 0.558. The Kier molecular flexibility index (Phi) is 4.22. The SMILES string of the molecule is N#Cc1ccc(-c2nn(CCO)c3c2CN(c2ncnc4[nH]ccc24)CC3)cc1. The van der Waals surface area contributed by atoms with Gasteiger partial charge in [-0.25, -0.2) is 9.97 Å². The molecule has 3 aromatic heterocycles. The number of benzene rings is 1. The molecule has 144 valence electrons. The molecule has 2 N–H and O–H groups in total. The number of aromatic nitrogens is 5. The third-order valence-corrected chi connectivity index (χ3v) is 5.37. The standard InChI is InChI=1S/C21H19N7O/c22-11-14-1-3-15(4-2-14)19-17-12-27(8-6-18(17)28(26-19)9-10-29)21-16-5-7-23-20(16)24-13-25-21/h1-5,7,13,29H,6,8-10,12H2,(H,23,24,25). The van der Waals surface area contributed by atoms with Gasteiger partial charge in [0.1, 0.15) is 17.8 Å². The van der Waals surface area contributed by atoms with Gasteiger partial charge < -0.3 is 15.0 Å². The Labute approximate surface area is 167 Å². The third kappa shape index (κ3) is 2.92. The maximum atomic E-state index is 9.47. The fourth-order valence-electron chi connectivity index (χ4n) is 4.00. The number of nitrogens with one attached hydrogen (secondary N) is 1. The number of nitrogens with zero attached hydrogens (tertiary/aromatic N) is 6. The molecule has 0 bridgehead atoms. The Morgan fingerprint density at radius 3 is 2.83 bits per heavy atom. The van der Waals surface area contributed by atoms with Crippen molar-refractivity contribution >= 4 is 16.9 Å². The highest BCUT2D eigenvalue weighted by atomic mass is 16.3. The second-order valence-electron chi connectivity index (χ2n) is 7.02. The van der Waals surface area contributed by atoms with Gasteiger partial charge in [0.05, 0.1) is 35.9 Å². The Morgan fingerprint density at radius 2 is 2.03 bits per heavy atom. The number of hydrogen-bond donors (Lipinski definition) is 2. The largest absolute Gasteiger partial charge is 0.394 e. The van der Waals surface area contributed by atoms with E-state index in [1.165, 1.54) is 0 Å². The van der Waals surface area contributed by atoms with Gasteiger partial charge in [-0.15, -0.1) is 0 Å². The van der Waals surface area contributed by atoms with Crippen molar-refractivity contribution in [3.8, 4) is 17.3 Å². The molecule has 1 aliphatic rings. The highest BCUT2D eigenvalue weighted by Crippen LogP contribution is 2.33. The number of aromatic amines is 1. The van der Waals surface area contributed by atoms with Gasteiger partial charge >= 0.3 is 0 Å². The normalized spacial score (nSPS) is 13.4. The molecule has 0 saturated carbocycles. The summed E-state index contributed by atoms with van der Waals surface area (Å²) in [5.74, 6) is 0.905. The van der Waals surface area contributed by atoms with Crippen molar-refractivity contribution in [2.45, 2.75) is 19.5 Å². The summed E-state index contributed by atoms with van der Waals surface area (Å²) in [4.78, 5) is 14.2. The van der Waals surface area contributed by atoms with E-state index in [4.69, 9.17) is 10.4 Å². The lowest BCUT2D eigenvalue weighted by Gasteiger charge is -2.29. The molecule has 0 aliphatic carbocycles. The van der Waals surface area contributed by atoms with Crippen molar-refractivity contribution in [1.29, 1.82) is 5.26 Å². The molecule has 4 aromatic rings. The molecule has 0 atom stereocenters. The van der Waals surface area contributed by atoms with Crippen molar-refractivity contribution in [1.82, 2.24) is 24.7 Å². The molecule has 0 radical (unpaired) electrons. The van der Waals surface area contributed by atoms with Gasteiger partial charge in [0.25, 0.3) is 0 Å². The average Bonchev–Trinajstić information content (AvgIpc) is 3.39. The molecule has 4 heterocycles. The minimum atomic E-state index is 0.0422. The number of H-pyrrole nitrogens is 1. The first-order chi connectivity index (χ1) is 14.3. The van der Waals surface area contributed by atoms with Crippen LogP contribution < -0.4 is 4.90 Å². The van der Waals surface area contributed by atoms with Crippen LogP contribution in [0.1, 0.15) is 16.8 Å². The molecule has 0 saturated heterocycles. The van der Waals surface area contributed by atoms with Crippen molar-refractivity contribution in [3.05, 3.63) is 59.7 Å². The molecule has 1 aromatic carbocycles. The number of rotatable bonds is 4. The Balaban J connectivity index is 1.58. The van der Waals surface area contributed by atoms with Crippen molar-refractivity contribution < 1.29 is 5.11 Å². The predicted molar refractivity (Wildman–Crippen MR) is 108 cm³/mol. The van der Waals surface area contributed by atoms with E-state index in [-0.39, 0.29) is 6.61 Å². The molecular weight excluding hydrogens is 366 g/mol. The van der Waals surface area contributed by atoms with E-state index in [1.807, 2.05) is 29.1 Å². The molecule has 29 heavy (non-hydrogen) atoms. The summed E-state index contributed by atoms with van der Waals surface area (Å²) >= 11 is 0. The zero-order valence-electron chi connectivity index (χ0n) is 15.7. The van der Waals surface area contributed by atoms with Crippen LogP contribution in [0.3, 0.4) is 0 Å². The number of anilines is 1. The maximum absolute atomic E-state index is 9.47. The van der Waals surface area contributed by atoms with Crippen LogP contribution in [-0.4, -0.2) is 43.0 Å². The lowest BCUT2D eigenvalue weighted by atomic mass is 10.00. The number of aliphatic hydroxyl groups excluding tert-OH is 1. The second-order valence-corrected chi connectivity index (χ2v) is 7.02. The fourth-order valence-corrected chi connectivity index (χ4v) is 4.00. The number of nitriles is 1. The summed E-state index contributed by atoms with van der Waals surface area (Å²) < 4.78 is 1.91. The van der Waals surface area contributed by atoms with Gasteiger partial charge in [0, 0.05) is 42.5 Å². The molecule has 8 nitrogen and oxygen atoms in total. The molecule has 0 amide bonds. The summed E-state index contributed by atoms with van der Waals surface area (Å²) in [5.41, 5.74) is 5.58. The van der Waals surface area contributed by atoms with E-state index in [0.29, 0.717) is 18.7 Å². The van der Waals surface area contributed by atoms with Crippen LogP contribution in [0.25, 0.3) is 22.3 Å². The number of hydrogen-bond acceptors (Lipinski definition) is 6. The molecule has 0 fully saturated rings. The van der Waals surface area contributed by atoms with E-state index < -0.39 is 0 Å². The van der Waals surface area contributed by atoms with Crippen LogP contribution >= 0.6 is 0 Å². The van der Waals surface area contributed by atoms with Crippen molar-refractivity contribution in [3.63, 3.8) is 0 Å².